The number of carbonyl (C=O) groups is 1. The largest absolute Gasteiger partial charge is 0.469 e. The second-order valence-electron chi connectivity index (χ2n) is 4.25. The number of esters is 1. The molecule has 0 radical (unpaired) electrons. The molecule has 0 spiro atoms. The summed E-state index contributed by atoms with van der Waals surface area (Å²) >= 11 is 0. The van der Waals surface area contributed by atoms with Crippen molar-refractivity contribution in [1.82, 2.24) is 4.90 Å². The molecule has 88 valence electrons. The van der Waals surface area contributed by atoms with E-state index in [1.807, 2.05) is 50.2 Å². The Balaban J connectivity index is 2.96. The third kappa shape index (κ3) is 3.35. The van der Waals surface area contributed by atoms with Gasteiger partial charge >= 0.3 is 5.97 Å². The van der Waals surface area contributed by atoms with E-state index in [0.717, 1.165) is 11.1 Å². The fraction of sp³-hybridized carbons (Fsp3) is 0.462. The minimum Gasteiger partial charge on any atom is -0.469 e. The quantitative estimate of drug-likeness (QED) is 0.726. The van der Waals surface area contributed by atoms with Gasteiger partial charge in [-0.1, -0.05) is 29.8 Å². The second kappa shape index (κ2) is 5.66. The number of ether oxygens (including phenoxy) is 1. The lowest BCUT2D eigenvalue weighted by atomic mass is 9.97. The predicted molar refractivity (Wildman–Crippen MR) is 64.5 cm³/mol. The van der Waals surface area contributed by atoms with Crippen LogP contribution in [0.1, 0.15) is 17.0 Å². The Kier molecular flexibility index (Phi) is 4.50. The summed E-state index contributed by atoms with van der Waals surface area (Å²) in [6.07, 6.45) is 0. The first-order valence-corrected chi connectivity index (χ1v) is 5.33. The molecule has 0 aliphatic heterocycles. The smallest absolute Gasteiger partial charge is 0.314 e. The Morgan fingerprint density at radius 2 is 2.12 bits per heavy atom. The van der Waals surface area contributed by atoms with Gasteiger partial charge in [-0.05, 0) is 26.6 Å². The van der Waals surface area contributed by atoms with E-state index < -0.39 is 0 Å². The van der Waals surface area contributed by atoms with E-state index in [2.05, 4.69) is 0 Å². The Hall–Kier alpha value is -1.35. The summed E-state index contributed by atoms with van der Waals surface area (Å²) in [6, 6.07) is 7.99. The maximum Gasteiger partial charge on any atom is 0.314 e. The molecule has 0 aliphatic carbocycles. The molecule has 3 heteroatoms. The molecule has 0 aromatic heterocycles. The molecule has 1 unspecified atom stereocenters. The Bertz CT molecular complexity index is 361. The highest BCUT2D eigenvalue weighted by Crippen LogP contribution is 2.19. The van der Waals surface area contributed by atoms with Gasteiger partial charge in [-0.15, -0.1) is 0 Å². The number of aryl methyl sites for hydroxylation is 1. The fourth-order valence-electron chi connectivity index (χ4n) is 1.71. The number of nitrogens with zero attached hydrogens (tertiary/aromatic N) is 1. The molecule has 0 heterocycles. The molecule has 1 rings (SSSR count). The molecule has 3 nitrogen and oxygen atoms in total. The molecule has 0 fully saturated rings. The van der Waals surface area contributed by atoms with Crippen LogP contribution in [0.2, 0.25) is 0 Å². The van der Waals surface area contributed by atoms with Crippen LogP contribution in [-0.4, -0.2) is 38.6 Å². The van der Waals surface area contributed by atoms with E-state index in [1.165, 1.54) is 7.11 Å². The lowest BCUT2D eigenvalue weighted by molar-refractivity contribution is -0.142. The van der Waals surface area contributed by atoms with E-state index in [0.29, 0.717) is 6.54 Å². The maximum atomic E-state index is 11.7. The Morgan fingerprint density at radius 3 is 2.62 bits per heavy atom. The van der Waals surface area contributed by atoms with Crippen LogP contribution in [0.4, 0.5) is 0 Å². The highest BCUT2D eigenvalue weighted by Gasteiger charge is 2.21. The van der Waals surface area contributed by atoms with Crippen molar-refractivity contribution in [1.29, 1.82) is 0 Å². The van der Waals surface area contributed by atoms with Gasteiger partial charge in [0.1, 0.15) is 0 Å². The zero-order valence-electron chi connectivity index (χ0n) is 10.4. The van der Waals surface area contributed by atoms with Crippen molar-refractivity contribution in [2.75, 3.05) is 27.7 Å². The molecule has 0 N–H and O–H groups in total. The van der Waals surface area contributed by atoms with Crippen molar-refractivity contribution in [2.45, 2.75) is 12.8 Å². The zero-order valence-corrected chi connectivity index (χ0v) is 10.4. The molecule has 0 saturated carbocycles. The van der Waals surface area contributed by atoms with Crippen molar-refractivity contribution in [2.24, 2.45) is 0 Å². The Labute approximate surface area is 97.0 Å². The minimum atomic E-state index is -0.208. The van der Waals surface area contributed by atoms with Gasteiger partial charge in [0.05, 0.1) is 13.0 Å². The molecular weight excluding hydrogens is 202 g/mol. The van der Waals surface area contributed by atoms with Crippen molar-refractivity contribution >= 4 is 5.97 Å². The molecule has 0 aliphatic rings. The van der Waals surface area contributed by atoms with Gasteiger partial charge in [0.25, 0.3) is 0 Å². The third-order valence-corrected chi connectivity index (χ3v) is 2.48. The molecule has 0 amide bonds. The van der Waals surface area contributed by atoms with Crippen LogP contribution in [-0.2, 0) is 9.53 Å². The third-order valence-electron chi connectivity index (χ3n) is 2.48. The summed E-state index contributed by atoms with van der Waals surface area (Å²) in [5.41, 5.74) is 2.17. The Morgan fingerprint density at radius 1 is 1.44 bits per heavy atom. The lowest BCUT2D eigenvalue weighted by Crippen LogP contribution is -2.27. The normalized spacial score (nSPS) is 12.6. The van der Waals surface area contributed by atoms with Crippen LogP contribution < -0.4 is 0 Å². The number of rotatable bonds is 4. The number of carbonyl (C=O) groups excluding carboxylic acids is 1. The van der Waals surface area contributed by atoms with E-state index >= 15 is 0 Å². The van der Waals surface area contributed by atoms with Crippen LogP contribution in [0.15, 0.2) is 24.3 Å². The van der Waals surface area contributed by atoms with Gasteiger partial charge in [0.15, 0.2) is 0 Å². The van der Waals surface area contributed by atoms with Gasteiger partial charge < -0.3 is 9.64 Å². The molecular formula is C13H19NO2. The van der Waals surface area contributed by atoms with Crippen molar-refractivity contribution in [3.05, 3.63) is 35.4 Å². The summed E-state index contributed by atoms with van der Waals surface area (Å²) in [6.45, 7) is 2.68. The van der Waals surface area contributed by atoms with E-state index in [4.69, 9.17) is 4.74 Å². The average molecular weight is 221 g/mol. The summed E-state index contributed by atoms with van der Waals surface area (Å²) in [5.74, 6) is -0.390. The topological polar surface area (TPSA) is 29.5 Å². The highest BCUT2D eigenvalue weighted by molar-refractivity contribution is 5.78. The van der Waals surface area contributed by atoms with Crippen molar-refractivity contribution in [3.63, 3.8) is 0 Å². The number of hydrogen-bond donors (Lipinski definition) is 0. The fourth-order valence-corrected chi connectivity index (χ4v) is 1.71. The van der Waals surface area contributed by atoms with Gasteiger partial charge in [-0.3, -0.25) is 4.79 Å². The highest BCUT2D eigenvalue weighted by atomic mass is 16.5. The molecule has 1 aromatic carbocycles. The number of hydrogen-bond acceptors (Lipinski definition) is 3. The van der Waals surface area contributed by atoms with Crippen molar-refractivity contribution < 1.29 is 9.53 Å². The van der Waals surface area contributed by atoms with Gasteiger partial charge in [-0.2, -0.15) is 0 Å². The molecule has 0 bridgehead atoms. The van der Waals surface area contributed by atoms with E-state index in [-0.39, 0.29) is 11.9 Å². The standard InChI is InChI=1S/C13H19NO2/c1-10-6-5-7-11(8-10)12(9-14(2)3)13(15)16-4/h5-8,12H,9H2,1-4H3. The summed E-state index contributed by atoms with van der Waals surface area (Å²) in [4.78, 5) is 13.7. The SMILES string of the molecule is COC(=O)C(CN(C)C)c1cccc(C)c1. The van der Waals surface area contributed by atoms with Crippen LogP contribution in [0, 0.1) is 6.92 Å². The predicted octanol–water partition coefficient (Wildman–Crippen LogP) is 1.81. The summed E-state index contributed by atoms with van der Waals surface area (Å²) < 4.78 is 4.84. The van der Waals surface area contributed by atoms with E-state index in [9.17, 15) is 4.79 Å². The molecule has 0 saturated heterocycles. The first-order chi connectivity index (χ1) is 7.54. The average Bonchev–Trinajstić information content (AvgIpc) is 2.24. The van der Waals surface area contributed by atoms with E-state index in [1.54, 1.807) is 0 Å². The lowest BCUT2D eigenvalue weighted by Gasteiger charge is -2.19. The zero-order chi connectivity index (χ0) is 12.1. The minimum absolute atomic E-state index is 0.181. The maximum absolute atomic E-state index is 11.7. The first-order valence-electron chi connectivity index (χ1n) is 5.33. The van der Waals surface area contributed by atoms with Crippen LogP contribution in [0.3, 0.4) is 0 Å². The van der Waals surface area contributed by atoms with Crippen LogP contribution >= 0.6 is 0 Å². The summed E-state index contributed by atoms with van der Waals surface area (Å²) in [7, 11) is 5.33. The molecule has 16 heavy (non-hydrogen) atoms. The van der Waals surface area contributed by atoms with Gasteiger partial charge in [0.2, 0.25) is 0 Å². The van der Waals surface area contributed by atoms with Crippen LogP contribution in [0.25, 0.3) is 0 Å². The number of likely N-dealkylation sites (N-methyl/N-ethyl adjacent to an activating group) is 1. The first kappa shape index (κ1) is 12.7. The van der Waals surface area contributed by atoms with Gasteiger partial charge in [-0.25, -0.2) is 0 Å². The van der Waals surface area contributed by atoms with Gasteiger partial charge in [0, 0.05) is 6.54 Å². The second-order valence-corrected chi connectivity index (χ2v) is 4.25. The van der Waals surface area contributed by atoms with Crippen LogP contribution in [0.5, 0.6) is 0 Å². The number of benzene rings is 1. The number of methoxy groups -OCH3 is 1. The van der Waals surface area contributed by atoms with Crippen molar-refractivity contribution in [3.8, 4) is 0 Å². The monoisotopic (exact) mass is 221 g/mol. The molecule has 1 aromatic rings. The molecule has 1 atom stereocenters. The summed E-state index contributed by atoms with van der Waals surface area (Å²) in [5, 5.41) is 0.